The number of anilines is 1. The van der Waals surface area contributed by atoms with E-state index in [1.807, 2.05) is 77.8 Å². The van der Waals surface area contributed by atoms with Gasteiger partial charge in [-0.1, -0.05) is 72.8 Å². The molecule has 0 unspecified atom stereocenters. The topological polar surface area (TPSA) is 70.7 Å². The van der Waals surface area contributed by atoms with Crippen LogP contribution in [0.1, 0.15) is 17.5 Å². The second kappa shape index (κ2) is 9.24. The van der Waals surface area contributed by atoms with Gasteiger partial charge in [0.2, 0.25) is 5.91 Å². The lowest BCUT2D eigenvalue weighted by Gasteiger charge is -2.27. The Bertz CT molecular complexity index is 967. The molecule has 0 fully saturated rings. The molecule has 0 spiro atoms. The number of carbonyl (C=O) groups excluding carboxylic acids is 2. The van der Waals surface area contributed by atoms with Crippen LogP contribution in [0.4, 0.5) is 5.69 Å². The van der Waals surface area contributed by atoms with Crippen LogP contribution in [0.3, 0.4) is 0 Å². The summed E-state index contributed by atoms with van der Waals surface area (Å²) >= 11 is 0. The zero-order valence-electron chi connectivity index (χ0n) is 16.5. The van der Waals surface area contributed by atoms with Crippen molar-refractivity contribution in [1.82, 2.24) is 10.4 Å². The van der Waals surface area contributed by atoms with Crippen LogP contribution in [0.5, 0.6) is 5.75 Å². The Hall–Kier alpha value is -3.64. The average molecular weight is 401 g/mol. The first kappa shape index (κ1) is 19.7. The van der Waals surface area contributed by atoms with E-state index in [9.17, 15) is 9.59 Å². The first-order chi connectivity index (χ1) is 14.7. The zero-order valence-corrected chi connectivity index (χ0v) is 16.5. The van der Waals surface area contributed by atoms with Crippen LogP contribution in [0, 0.1) is 0 Å². The fraction of sp³-hybridized carbons (Fsp3) is 0.167. The van der Waals surface area contributed by atoms with Crippen molar-refractivity contribution in [3.8, 4) is 5.75 Å². The normalized spacial score (nSPS) is 15.1. The summed E-state index contributed by atoms with van der Waals surface area (Å²) < 4.78 is 5.74. The number of ether oxygens (including phenoxy) is 1. The van der Waals surface area contributed by atoms with Crippen LogP contribution in [-0.4, -0.2) is 22.9 Å². The summed E-state index contributed by atoms with van der Waals surface area (Å²) in [7, 11) is 0. The van der Waals surface area contributed by atoms with Gasteiger partial charge in [-0.15, -0.1) is 0 Å². The van der Waals surface area contributed by atoms with Crippen molar-refractivity contribution in [2.75, 3.05) is 5.32 Å². The van der Waals surface area contributed by atoms with Crippen LogP contribution in [0.25, 0.3) is 0 Å². The number of nitrogens with one attached hydrogen (secondary N) is 2. The first-order valence-electron chi connectivity index (χ1n) is 9.86. The van der Waals surface area contributed by atoms with Gasteiger partial charge in [-0.25, -0.2) is 5.01 Å². The highest BCUT2D eigenvalue weighted by atomic mass is 16.5. The molecule has 0 saturated heterocycles. The summed E-state index contributed by atoms with van der Waals surface area (Å²) in [6, 6.07) is 27.0. The molecule has 2 N–H and O–H groups in total. The minimum absolute atomic E-state index is 0.0692. The number of amides is 2. The van der Waals surface area contributed by atoms with Gasteiger partial charge in [0, 0.05) is 13.1 Å². The second-order valence-corrected chi connectivity index (χ2v) is 7.16. The smallest absolute Gasteiger partial charge is 0.266 e. The van der Waals surface area contributed by atoms with Gasteiger partial charge in [-0.05, 0) is 23.3 Å². The number of carbonyl (C=O) groups is 2. The molecule has 3 aromatic carbocycles. The largest absolute Gasteiger partial charge is 0.478 e. The molecule has 6 nitrogen and oxygen atoms in total. The number of hydrazine groups is 1. The predicted octanol–water partition coefficient (Wildman–Crippen LogP) is 3.51. The first-order valence-corrected chi connectivity index (χ1v) is 9.86. The van der Waals surface area contributed by atoms with E-state index in [1.165, 1.54) is 0 Å². The molecule has 1 aliphatic heterocycles. The third-order valence-corrected chi connectivity index (χ3v) is 4.79. The Morgan fingerprint density at radius 3 is 2.07 bits per heavy atom. The van der Waals surface area contributed by atoms with E-state index in [2.05, 4.69) is 10.7 Å². The standard InChI is InChI=1S/C24H23N3O3/c28-23(15-22-24(29)25-20-13-7-8-14-21(20)30-22)26-27(16-18-9-3-1-4-10-18)17-19-11-5-2-6-12-19/h1-14,22H,15-17H2,(H,25,29)(H,26,28)/t22-/m1/s1. The summed E-state index contributed by atoms with van der Waals surface area (Å²) in [5.41, 5.74) is 5.72. The van der Waals surface area contributed by atoms with Gasteiger partial charge in [0.15, 0.2) is 6.10 Å². The quantitative estimate of drug-likeness (QED) is 0.595. The molecular formula is C24H23N3O3. The highest BCUT2D eigenvalue weighted by Crippen LogP contribution is 2.29. The SMILES string of the molecule is O=C(C[C@H]1Oc2ccccc2NC1=O)NN(Cc1ccccc1)Cc1ccccc1. The van der Waals surface area contributed by atoms with Crippen LogP contribution >= 0.6 is 0 Å². The molecule has 4 rings (SSSR count). The Morgan fingerprint density at radius 1 is 0.867 bits per heavy atom. The molecule has 6 heteroatoms. The molecular weight excluding hydrogens is 378 g/mol. The highest BCUT2D eigenvalue weighted by molar-refractivity contribution is 5.99. The van der Waals surface area contributed by atoms with E-state index in [-0.39, 0.29) is 18.2 Å². The predicted molar refractivity (Wildman–Crippen MR) is 114 cm³/mol. The van der Waals surface area contributed by atoms with Crippen LogP contribution in [0.15, 0.2) is 84.9 Å². The number of nitrogens with zero attached hydrogens (tertiary/aromatic N) is 1. The van der Waals surface area contributed by atoms with E-state index in [0.29, 0.717) is 24.5 Å². The molecule has 30 heavy (non-hydrogen) atoms. The van der Waals surface area contributed by atoms with Crippen LogP contribution in [0.2, 0.25) is 0 Å². The third-order valence-electron chi connectivity index (χ3n) is 4.79. The fourth-order valence-electron chi connectivity index (χ4n) is 3.36. The minimum atomic E-state index is -0.866. The van der Waals surface area contributed by atoms with Crippen molar-refractivity contribution in [2.45, 2.75) is 25.6 Å². The van der Waals surface area contributed by atoms with Crippen molar-refractivity contribution in [1.29, 1.82) is 0 Å². The molecule has 0 saturated carbocycles. The summed E-state index contributed by atoms with van der Waals surface area (Å²) in [6.45, 7) is 1.09. The van der Waals surface area contributed by atoms with Gasteiger partial charge >= 0.3 is 0 Å². The van der Waals surface area contributed by atoms with Crippen molar-refractivity contribution in [3.63, 3.8) is 0 Å². The number of para-hydroxylation sites is 2. The van der Waals surface area contributed by atoms with Crippen molar-refractivity contribution in [2.24, 2.45) is 0 Å². The Labute approximate surface area is 175 Å². The van der Waals surface area contributed by atoms with Crippen molar-refractivity contribution < 1.29 is 14.3 Å². The maximum atomic E-state index is 12.7. The summed E-state index contributed by atoms with van der Waals surface area (Å²) in [4.78, 5) is 25.1. The van der Waals surface area contributed by atoms with Gasteiger partial charge < -0.3 is 10.1 Å². The van der Waals surface area contributed by atoms with Crippen LogP contribution < -0.4 is 15.5 Å². The molecule has 0 aromatic heterocycles. The molecule has 152 valence electrons. The molecule has 1 atom stereocenters. The lowest BCUT2D eigenvalue weighted by Crippen LogP contribution is -2.46. The number of benzene rings is 3. The van der Waals surface area contributed by atoms with Gasteiger partial charge in [0.05, 0.1) is 12.1 Å². The number of rotatable bonds is 7. The van der Waals surface area contributed by atoms with Crippen LogP contribution in [-0.2, 0) is 22.7 Å². The average Bonchev–Trinajstić information content (AvgIpc) is 2.75. The third kappa shape index (κ3) is 5.04. The maximum Gasteiger partial charge on any atom is 0.266 e. The molecule has 2 amide bonds. The Balaban J connectivity index is 1.42. The van der Waals surface area contributed by atoms with E-state index >= 15 is 0 Å². The monoisotopic (exact) mass is 401 g/mol. The van der Waals surface area contributed by atoms with Gasteiger partial charge in [-0.3, -0.25) is 15.0 Å². The number of hydrogen-bond acceptors (Lipinski definition) is 4. The maximum absolute atomic E-state index is 12.7. The second-order valence-electron chi connectivity index (χ2n) is 7.16. The summed E-state index contributed by atoms with van der Waals surface area (Å²) in [6.07, 6.45) is -0.935. The molecule has 1 aliphatic rings. The number of hydrogen-bond donors (Lipinski definition) is 2. The van der Waals surface area contributed by atoms with E-state index in [1.54, 1.807) is 12.1 Å². The van der Waals surface area contributed by atoms with E-state index in [4.69, 9.17) is 4.74 Å². The highest BCUT2D eigenvalue weighted by Gasteiger charge is 2.30. The molecule has 0 radical (unpaired) electrons. The number of fused-ring (bicyclic) bond motifs is 1. The molecule has 1 heterocycles. The van der Waals surface area contributed by atoms with Gasteiger partial charge in [-0.2, -0.15) is 0 Å². The Morgan fingerprint density at radius 2 is 1.43 bits per heavy atom. The molecule has 3 aromatic rings. The minimum Gasteiger partial charge on any atom is -0.478 e. The molecule has 0 aliphatic carbocycles. The summed E-state index contributed by atoms with van der Waals surface area (Å²) in [5, 5.41) is 4.64. The Kier molecular flexibility index (Phi) is 6.06. The van der Waals surface area contributed by atoms with E-state index < -0.39 is 6.10 Å². The molecule has 0 bridgehead atoms. The van der Waals surface area contributed by atoms with Gasteiger partial charge in [0.25, 0.3) is 5.91 Å². The lowest BCUT2D eigenvalue weighted by molar-refractivity contribution is -0.133. The van der Waals surface area contributed by atoms with Crippen molar-refractivity contribution in [3.05, 3.63) is 96.1 Å². The van der Waals surface area contributed by atoms with E-state index in [0.717, 1.165) is 11.1 Å². The fourth-order valence-corrected chi connectivity index (χ4v) is 3.36. The summed E-state index contributed by atoms with van der Waals surface area (Å²) in [5.74, 6) is -0.0248. The van der Waals surface area contributed by atoms with Crippen molar-refractivity contribution >= 4 is 17.5 Å². The lowest BCUT2D eigenvalue weighted by atomic mass is 10.1. The zero-order chi connectivity index (χ0) is 20.8. The van der Waals surface area contributed by atoms with Gasteiger partial charge in [0.1, 0.15) is 5.75 Å².